The minimum atomic E-state index is -0.688. The number of rotatable bonds is 6. The van der Waals surface area contributed by atoms with E-state index in [1.54, 1.807) is 23.0 Å². The van der Waals surface area contributed by atoms with E-state index in [0.717, 1.165) is 11.3 Å². The lowest BCUT2D eigenvalue weighted by molar-refractivity contribution is -0.124. The molecular weight excluding hydrogens is 394 g/mol. The molecule has 9 heteroatoms. The van der Waals surface area contributed by atoms with Gasteiger partial charge in [-0.25, -0.2) is 9.67 Å². The van der Waals surface area contributed by atoms with Crippen molar-refractivity contribution in [2.24, 2.45) is 10.8 Å². The fourth-order valence-electron chi connectivity index (χ4n) is 3.53. The molecule has 2 aromatic carbocycles. The van der Waals surface area contributed by atoms with Crippen LogP contribution in [0.3, 0.4) is 0 Å². The summed E-state index contributed by atoms with van der Waals surface area (Å²) in [7, 11) is 1.73. The number of amides is 2. The quantitative estimate of drug-likeness (QED) is 0.659. The standard InChI is InChI=1S/C22H23N7O2/c1-15(16-8-10-17(11-9-16)28-14-24-13-25-28)27(2)22(31)19-12-20(21(23)30)29(26-19)18-6-4-3-5-7-18/h3-11,13-15,20H,12H2,1-2H3,(H2,23,30)/t15-,20-/m1/s1. The molecule has 0 bridgehead atoms. The van der Waals surface area contributed by atoms with Gasteiger partial charge in [-0.05, 0) is 36.8 Å². The Morgan fingerprint density at radius 1 is 1.10 bits per heavy atom. The van der Waals surface area contributed by atoms with Crippen LogP contribution in [0.2, 0.25) is 0 Å². The van der Waals surface area contributed by atoms with E-state index in [4.69, 9.17) is 5.73 Å². The third-order valence-electron chi connectivity index (χ3n) is 5.47. The maximum Gasteiger partial charge on any atom is 0.270 e. The zero-order valence-electron chi connectivity index (χ0n) is 17.3. The molecule has 2 atom stereocenters. The first-order valence-corrected chi connectivity index (χ1v) is 9.89. The number of carbonyl (C=O) groups is 2. The summed E-state index contributed by atoms with van der Waals surface area (Å²) in [4.78, 5) is 30.7. The highest BCUT2D eigenvalue weighted by molar-refractivity contribution is 6.40. The minimum Gasteiger partial charge on any atom is -0.368 e. The molecule has 2 heterocycles. The van der Waals surface area contributed by atoms with Gasteiger partial charge in [-0.2, -0.15) is 10.2 Å². The first kappa shape index (κ1) is 20.3. The SMILES string of the molecule is C[C@H](c1ccc(-n2cncn2)cc1)N(C)C(=O)C1=NN(c2ccccc2)[C@@H](C(N)=O)C1. The van der Waals surface area contributed by atoms with Crippen molar-refractivity contribution in [1.82, 2.24) is 19.7 Å². The summed E-state index contributed by atoms with van der Waals surface area (Å²) < 4.78 is 1.67. The number of hydrazone groups is 1. The average molecular weight is 417 g/mol. The second kappa shape index (κ2) is 8.39. The van der Waals surface area contributed by atoms with Gasteiger partial charge in [0, 0.05) is 13.5 Å². The normalized spacial score (nSPS) is 16.6. The van der Waals surface area contributed by atoms with Crippen molar-refractivity contribution in [2.75, 3.05) is 12.1 Å². The van der Waals surface area contributed by atoms with Crippen molar-refractivity contribution in [3.8, 4) is 5.69 Å². The van der Waals surface area contributed by atoms with Gasteiger partial charge < -0.3 is 10.6 Å². The first-order chi connectivity index (χ1) is 15.0. The molecule has 0 spiro atoms. The fourth-order valence-corrected chi connectivity index (χ4v) is 3.53. The second-order valence-electron chi connectivity index (χ2n) is 7.37. The fraction of sp³-hybridized carbons (Fsp3) is 0.227. The summed E-state index contributed by atoms with van der Waals surface area (Å²) in [6, 6.07) is 16.1. The van der Waals surface area contributed by atoms with E-state index >= 15 is 0 Å². The smallest absolute Gasteiger partial charge is 0.270 e. The van der Waals surface area contributed by atoms with Crippen LogP contribution in [-0.2, 0) is 9.59 Å². The lowest BCUT2D eigenvalue weighted by Gasteiger charge is -2.25. The lowest BCUT2D eigenvalue weighted by Crippen LogP contribution is -2.40. The highest BCUT2D eigenvalue weighted by Crippen LogP contribution is 2.27. The summed E-state index contributed by atoms with van der Waals surface area (Å²) >= 11 is 0. The number of primary amides is 1. The van der Waals surface area contributed by atoms with Gasteiger partial charge in [0.2, 0.25) is 5.91 Å². The van der Waals surface area contributed by atoms with Gasteiger partial charge in [-0.15, -0.1) is 0 Å². The van der Waals surface area contributed by atoms with Crippen molar-refractivity contribution in [3.63, 3.8) is 0 Å². The predicted molar refractivity (Wildman–Crippen MR) is 116 cm³/mol. The van der Waals surface area contributed by atoms with Crippen LogP contribution in [0.15, 0.2) is 72.4 Å². The molecular formula is C22H23N7O2. The van der Waals surface area contributed by atoms with Crippen LogP contribution in [0.5, 0.6) is 0 Å². The number of anilines is 1. The molecule has 2 N–H and O–H groups in total. The monoisotopic (exact) mass is 417 g/mol. The van der Waals surface area contributed by atoms with Crippen LogP contribution in [0.4, 0.5) is 5.69 Å². The Morgan fingerprint density at radius 2 is 1.81 bits per heavy atom. The maximum absolute atomic E-state index is 13.2. The Balaban J connectivity index is 1.52. The molecule has 1 aromatic heterocycles. The molecule has 0 aliphatic carbocycles. The number of benzene rings is 2. The number of hydrogen-bond acceptors (Lipinski definition) is 6. The third-order valence-corrected chi connectivity index (χ3v) is 5.47. The van der Waals surface area contributed by atoms with Crippen molar-refractivity contribution in [1.29, 1.82) is 0 Å². The number of hydrogen-bond donors (Lipinski definition) is 1. The molecule has 2 amide bonds. The molecule has 0 unspecified atom stereocenters. The molecule has 9 nitrogen and oxygen atoms in total. The van der Waals surface area contributed by atoms with Gasteiger partial charge in [-0.1, -0.05) is 30.3 Å². The van der Waals surface area contributed by atoms with Crippen molar-refractivity contribution >= 4 is 23.2 Å². The first-order valence-electron chi connectivity index (χ1n) is 9.89. The number of nitrogens with zero attached hydrogens (tertiary/aromatic N) is 6. The van der Waals surface area contributed by atoms with E-state index in [0.29, 0.717) is 11.4 Å². The van der Waals surface area contributed by atoms with E-state index in [1.165, 1.54) is 11.3 Å². The van der Waals surface area contributed by atoms with Crippen LogP contribution >= 0.6 is 0 Å². The summed E-state index contributed by atoms with van der Waals surface area (Å²) in [5.74, 6) is -0.757. The van der Waals surface area contributed by atoms with Gasteiger partial charge in [-0.3, -0.25) is 14.6 Å². The van der Waals surface area contributed by atoms with E-state index in [1.807, 2.05) is 61.5 Å². The molecule has 3 aromatic rings. The molecule has 1 aliphatic heterocycles. The van der Waals surface area contributed by atoms with Gasteiger partial charge in [0.05, 0.1) is 17.4 Å². The number of aromatic nitrogens is 3. The molecule has 0 fully saturated rings. The molecule has 0 saturated carbocycles. The summed E-state index contributed by atoms with van der Waals surface area (Å²) in [5.41, 5.74) is 8.44. The van der Waals surface area contributed by atoms with Gasteiger partial charge in [0.1, 0.15) is 24.4 Å². The Bertz CT molecular complexity index is 1090. The average Bonchev–Trinajstić information content (AvgIpc) is 3.49. The van der Waals surface area contributed by atoms with Crippen LogP contribution in [0.1, 0.15) is 24.9 Å². The Labute approximate surface area is 179 Å². The summed E-state index contributed by atoms with van der Waals surface area (Å²) in [6.07, 6.45) is 3.27. The largest absolute Gasteiger partial charge is 0.368 e. The Hall–Kier alpha value is -4.01. The molecule has 4 rings (SSSR count). The van der Waals surface area contributed by atoms with Crippen LogP contribution in [0, 0.1) is 0 Å². The van der Waals surface area contributed by atoms with Gasteiger partial charge in [0.15, 0.2) is 0 Å². The summed E-state index contributed by atoms with van der Waals surface area (Å²) in [6.45, 7) is 1.94. The predicted octanol–water partition coefficient (Wildman–Crippen LogP) is 1.91. The van der Waals surface area contributed by atoms with Gasteiger partial charge >= 0.3 is 0 Å². The van der Waals surface area contributed by atoms with Crippen molar-refractivity contribution in [2.45, 2.75) is 25.4 Å². The van der Waals surface area contributed by atoms with Crippen LogP contribution in [-0.4, -0.2) is 50.3 Å². The number of nitrogens with two attached hydrogens (primary N) is 1. The van der Waals surface area contributed by atoms with E-state index < -0.39 is 11.9 Å². The molecule has 0 radical (unpaired) electrons. The van der Waals surface area contributed by atoms with E-state index in [-0.39, 0.29) is 18.4 Å². The zero-order valence-corrected chi connectivity index (χ0v) is 17.3. The lowest BCUT2D eigenvalue weighted by atomic mass is 10.0. The van der Waals surface area contributed by atoms with Crippen molar-refractivity contribution in [3.05, 3.63) is 72.8 Å². The van der Waals surface area contributed by atoms with Crippen LogP contribution < -0.4 is 10.7 Å². The summed E-state index contributed by atoms with van der Waals surface area (Å²) in [5, 5.41) is 10.1. The Kier molecular flexibility index (Phi) is 5.48. The molecule has 0 saturated heterocycles. The third kappa shape index (κ3) is 4.02. The second-order valence-corrected chi connectivity index (χ2v) is 7.37. The maximum atomic E-state index is 13.2. The topological polar surface area (TPSA) is 110 Å². The molecule has 1 aliphatic rings. The molecule has 31 heavy (non-hydrogen) atoms. The number of carbonyl (C=O) groups excluding carboxylic acids is 2. The van der Waals surface area contributed by atoms with Gasteiger partial charge in [0.25, 0.3) is 5.91 Å². The minimum absolute atomic E-state index is 0.172. The number of para-hydroxylation sites is 1. The van der Waals surface area contributed by atoms with Crippen LogP contribution in [0.25, 0.3) is 5.69 Å². The van der Waals surface area contributed by atoms with Crippen molar-refractivity contribution < 1.29 is 9.59 Å². The highest BCUT2D eigenvalue weighted by atomic mass is 16.2. The zero-order chi connectivity index (χ0) is 22.0. The molecule has 158 valence electrons. The Morgan fingerprint density at radius 3 is 2.42 bits per heavy atom. The van der Waals surface area contributed by atoms with E-state index in [9.17, 15) is 9.59 Å². The van der Waals surface area contributed by atoms with E-state index in [2.05, 4.69) is 15.2 Å². The highest BCUT2D eigenvalue weighted by Gasteiger charge is 2.36.